The molecule has 0 spiro atoms. The molecule has 0 amide bonds. The van der Waals surface area contributed by atoms with Crippen LogP contribution in [0.1, 0.15) is 38.9 Å². The SMILES string of the molecule is CCC(C)CSc1ccc([C@@H](C)O)cc1. The van der Waals surface area contributed by atoms with Gasteiger partial charge in [0.25, 0.3) is 0 Å². The molecule has 1 unspecified atom stereocenters. The van der Waals surface area contributed by atoms with Crippen LogP contribution in [0.2, 0.25) is 0 Å². The van der Waals surface area contributed by atoms with Gasteiger partial charge in [-0.15, -0.1) is 11.8 Å². The lowest BCUT2D eigenvalue weighted by atomic mass is 10.1. The van der Waals surface area contributed by atoms with Gasteiger partial charge in [0.05, 0.1) is 6.10 Å². The van der Waals surface area contributed by atoms with Crippen molar-refractivity contribution in [1.29, 1.82) is 0 Å². The molecule has 1 N–H and O–H groups in total. The summed E-state index contributed by atoms with van der Waals surface area (Å²) in [5, 5.41) is 9.36. The van der Waals surface area contributed by atoms with Crippen molar-refractivity contribution in [1.82, 2.24) is 0 Å². The van der Waals surface area contributed by atoms with Crippen LogP contribution in [0.15, 0.2) is 29.2 Å². The first-order valence-electron chi connectivity index (χ1n) is 5.54. The molecular weight excluding hydrogens is 204 g/mol. The van der Waals surface area contributed by atoms with E-state index in [2.05, 4.69) is 26.0 Å². The molecule has 0 fully saturated rings. The van der Waals surface area contributed by atoms with Crippen LogP contribution in [-0.4, -0.2) is 10.9 Å². The standard InChI is InChI=1S/C13H20OS/c1-4-10(2)9-15-13-7-5-12(6-8-13)11(3)14/h5-8,10-11,14H,4,9H2,1-3H3/t10?,11-/m1/s1. The van der Waals surface area contributed by atoms with Crippen molar-refractivity contribution in [2.45, 2.75) is 38.2 Å². The third-order valence-corrected chi connectivity index (χ3v) is 3.94. The Balaban J connectivity index is 2.50. The molecule has 0 radical (unpaired) electrons. The minimum Gasteiger partial charge on any atom is -0.389 e. The molecule has 1 rings (SSSR count). The summed E-state index contributed by atoms with van der Waals surface area (Å²) in [4.78, 5) is 1.29. The second kappa shape index (κ2) is 6.19. The van der Waals surface area contributed by atoms with Gasteiger partial charge in [-0.05, 0) is 30.5 Å². The highest BCUT2D eigenvalue weighted by Gasteiger charge is 2.02. The van der Waals surface area contributed by atoms with E-state index < -0.39 is 0 Å². The second-order valence-corrected chi connectivity index (χ2v) is 5.16. The molecule has 0 aliphatic rings. The van der Waals surface area contributed by atoms with E-state index in [-0.39, 0.29) is 6.10 Å². The fraction of sp³-hybridized carbons (Fsp3) is 0.538. The quantitative estimate of drug-likeness (QED) is 0.766. The van der Waals surface area contributed by atoms with Gasteiger partial charge in [-0.1, -0.05) is 32.4 Å². The summed E-state index contributed by atoms with van der Waals surface area (Å²) in [6, 6.07) is 8.19. The Labute approximate surface area is 96.9 Å². The lowest BCUT2D eigenvalue weighted by Crippen LogP contribution is -1.95. The molecule has 15 heavy (non-hydrogen) atoms. The zero-order chi connectivity index (χ0) is 11.3. The highest BCUT2D eigenvalue weighted by molar-refractivity contribution is 7.99. The van der Waals surface area contributed by atoms with Crippen LogP contribution in [0, 0.1) is 5.92 Å². The van der Waals surface area contributed by atoms with E-state index >= 15 is 0 Å². The van der Waals surface area contributed by atoms with Gasteiger partial charge in [0.2, 0.25) is 0 Å². The molecule has 0 bridgehead atoms. The summed E-state index contributed by atoms with van der Waals surface area (Å²) >= 11 is 1.89. The average molecular weight is 224 g/mol. The first kappa shape index (κ1) is 12.6. The number of hydrogen-bond acceptors (Lipinski definition) is 2. The van der Waals surface area contributed by atoms with Crippen molar-refractivity contribution < 1.29 is 5.11 Å². The summed E-state index contributed by atoms with van der Waals surface area (Å²) in [6.45, 7) is 6.29. The fourth-order valence-electron chi connectivity index (χ4n) is 1.20. The Hall–Kier alpha value is -0.470. The zero-order valence-corrected chi connectivity index (χ0v) is 10.6. The molecule has 2 heteroatoms. The smallest absolute Gasteiger partial charge is 0.0761 e. The van der Waals surface area contributed by atoms with Crippen LogP contribution in [0.4, 0.5) is 0 Å². The topological polar surface area (TPSA) is 20.2 Å². The monoisotopic (exact) mass is 224 g/mol. The van der Waals surface area contributed by atoms with E-state index in [1.165, 1.54) is 17.1 Å². The molecule has 0 saturated carbocycles. The Bertz CT molecular complexity index is 279. The van der Waals surface area contributed by atoms with E-state index in [0.717, 1.165) is 11.5 Å². The highest BCUT2D eigenvalue weighted by Crippen LogP contribution is 2.23. The molecule has 1 aromatic carbocycles. The summed E-state index contributed by atoms with van der Waals surface area (Å²) in [7, 11) is 0. The first-order valence-corrected chi connectivity index (χ1v) is 6.52. The lowest BCUT2D eigenvalue weighted by Gasteiger charge is -2.09. The molecule has 84 valence electrons. The Morgan fingerprint density at radius 1 is 1.20 bits per heavy atom. The van der Waals surface area contributed by atoms with E-state index in [1.807, 2.05) is 23.9 Å². The van der Waals surface area contributed by atoms with Crippen molar-refractivity contribution in [2.24, 2.45) is 5.92 Å². The maximum Gasteiger partial charge on any atom is 0.0761 e. The van der Waals surface area contributed by atoms with Crippen molar-refractivity contribution >= 4 is 11.8 Å². The molecule has 0 saturated heterocycles. The third-order valence-electron chi connectivity index (χ3n) is 2.59. The number of benzene rings is 1. The maximum absolute atomic E-state index is 9.36. The molecule has 0 aromatic heterocycles. The zero-order valence-electron chi connectivity index (χ0n) is 9.73. The van der Waals surface area contributed by atoms with E-state index in [4.69, 9.17) is 0 Å². The van der Waals surface area contributed by atoms with E-state index in [0.29, 0.717) is 0 Å². The summed E-state index contributed by atoms with van der Waals surface area (Å²) in [5.74, 6) is 1.94. The number of aliphatic hydroxyl groups excluding tert-OH is 1. The molecule has 1 nitrogen and oxygen atoms in total. The Morgan fingerprint density at radius 3 is 2.27 bits per heavy atom. The van der Waals surface area contributed by atoms with Crippen LogP contribution in [0.25, 0.3) is 0 Å². The van der Waals surface area contributed by atoms with Gasteiger partial charge in [0.15, 0.2) is 0 Å². The summed E-state index contributed by atoms with van der Waals surface area (Å²) in [5.41, 5.74) is 0.989. The third kappa shape index (κ3) is 4.27. The second-order valence-electron chi connectivity index (χ2n) is 4.07. The van der Waals surface area contributed by atoms with Crippen LogP contribution in [-0.2, 0) is 0 Å². The molecular formula is C13H20OS. The first-order chi connectivity index (χ1) is 7.13. The predicted octanol–water partition coefficient (Wildman–Crippen LogP) is 3.88. The molecule has 0 heterocycles. The van der Waals surface area contributed by atoms with E-state index in [1.54, 1.807) is 6.92 Å². The van der Waals surface area contributed by atoms with Crippen LogP contribution >= 0.6 is 11.8 Å². The lowest BCUT2D eigenvalue weighted by molar-refractivity contribution is 0.199. The van der Waals surface area contributed by atoms with Crippen molar-refractivity contribution in [2.75, 3.05) is 5.75 Å². The van der Waals surface area contributed by atoms with Gasteiger partial charge in [-0.2, -0.15) is 0 Å². The molecule has 0 aliphatic carbocycles. The Kier molecular flexibility index (Phi) is 5.20. The number of thioether (sulfide) groups is 1. The van der Waals surface area contributed by atoms with Gasteiger partial charge in [0.1, 0.15) is 0 Å². The van der Waals surface area contributed by atoms with Gasteiger partial charge >= 0.3 is 0 Å². The van der Waals surface area contributed by atoms with Gasteiger partial charge in [-0.3, -0.25) is 0 Å². The number of aliphatic hydroxyl groups is 1. The maximum atomic E-state index is 9.36. The minimum atomic E-state index is -0.362. The minimum absolute atomic E-state index is 0.362. The van der Waals surface area contributed by atoms with Crippen molar-refractivity contribution in [3.8, 4) is 0 Å². The number of rotatable bonds is 5. The molecule has 2 atom stereocenters. The number of hydrogen-bond donors (Lipinski definition) is 1. The van der Waals surface area contributed by atoms with Gasteiger partial charge in [-0.25, -0.2) is 0 Å². The highest BCUT2D eigenvalue weighted by atomic mass is 32.2. The van der Waals surface area contributed by atoms with Crippen LogP contribution < -0.4 is 0 Å². The Morgan fingerprint density at radius 2 is 1.80 bits per heavy atom. The van der Waals surface area contributed by atoms with Crippen molar-refractivity contribution in [3.63, 3.8) is 0 Å². The van der Waals surface area contributed by atoms with Gasteiger partial charge < -0.3 is 5.11 Å². The van der Waals surface area contributed by atoms with Crippen molar-refractivity contribution in [3.05, 3.63) is 29.8 Å². The molecule has 0 aliphatic heterocycles. The normalized spacial score (nSPS) is 14.9. The summed E-state index contributed by atoms with van der Waals surface area (Å²) < 4.78 is 0. The molecule has 1 aromatic rings. The van der Waals surface area contributed by atoms with Crippen LogP contribution in [0.3, 0.4) is 0 Å². The fourth-order valence-corrected chi connectivity index (χ4v) is 2.24. The largest absolute Gasteiger partial charge is 0.389 e. The van der Waals surface area contributed by atoms with Gasteiger partial charge in [0, 0.05) is 10.6 Å². The average Bonchev–Trinajstić information content (AvgIpc) is 2.26. The van der Waals surface area contributed by atoms with Crippen LogP contribution in [0.5, 0.6) is 0 Å². The predicted molar refractivity (Wildman–Crippen MR) is 67.3 cm³/mol. The summed E-state index contributed by atoms with van der Waals surface area (Å²) in [6.07, 6.45) is 0.872. The van der Waals surface area contributed by atoms with E-state index in [9.17, 15) is 5.11 Å².